The Morgan fingerprint density at radius 3 is 2.68 bits per heavy atom. The molecular formula is C20H22N2O2S. The first-order chi connectivity index (χ1) is 12.2. The maximum Gasteiger partial charge on any atom is 0.251 e. The van der Waals surface area contributed by atoms with Gasteiger partial charge in [-0.1, -0.05) is 17.8 Å². The van der Waals surface area contributed by atoms with Gasteiger partial charge in [-0.05, 0) is 61.3 Å². The number of rotatable bonds is 5. The second kappa shape index (κ2) is 7.10. The van der Waals surface area contributed by atoms with E-state index in [1.54, 1.807) is 18.9 Å². The van der Waals surface area contributed by atoms with Crippen molar-refractivity contribution < 1.29 is 9.53 Å². The van der Waals surface area contributed by atoms with Crippen LogP contribution in [0.25, 0.3) is 0 Å². The number of piperidine rings is 1. The molecule has 4 rings (SSSR count). The molecule has 2 heterocycles. The van der Waals surface area contributed by atoms with Gasteiger partial charge in [-0.25, -0.2) is 0 Å². The van der Waals surface area contributed by atoms with E-state index >= 15 is 0 Å². The topological polar surface area (TPSA) is 41.6 Å². The van der Waals surface area contributed by atoms with Crippen LogP contribution in [-0.2, 0) is 0 Å². The number of hydrogen-bond donors (Lipinski definition) is 1. The number of amides is 1. The lowest BCUT2D eigenvalue weighted by Crippen LogP contribution is -2.43. The molecule has 1 amide bonds. The Labute approximate surface area is 152 Å². The van der Waals surface area contributed by atoms with Crippen molar-refractivity contribution in [3.8, 4) is 5.75 Å². The van der Waals surface area contributed by atoms with Crippen LogP contribution in [0.15, 0.2) is 58.3 Å². The van der Waals surface area contributed by atoms with Crippen molar-refractivity contribution in [3.63, 3.8) is 0 Å². The number of nitrogens with zero attached hydrogens (tertiary/aromatic N) is 1. The predicted molar refractivity (Wildman–Crippen MR) is 99.4 cm³/mol. The Morgan fingerprint density at radius 2 is 2.00 bits per heavy atom. The molecule has 2 aliphatic rings. The highest BCUT2D eigenvalue weighted by Gasteiger charge is 2.38. The zero-order chi connectivity index (χ0) is 17.2. The summed E-state index contributed by atoms with van der Waals surface area (Å²) < 4.78 is 5.26. The first-order valence-corrected chi connectivity index (χ1v) is 9.48. The third-order valence-electron chi connectivity index (χ3n) is 5.04. The van der Waals surface area contributed by atoms with E-state index in [0.717, 1.165) is 34.2 Å². The molecule has 2 bridgehead atoms. The number of carbonyl (C=O) groups excluding carboxylic acids is 1. The number of nitrogens with one attached hydrogen (secondary N) is 1. The summed E-state index contributed by atoms with van der Waals surface area (Å²) in [6.07, 6.45) is 1.21. The van der Waals surface area contributed by atoms with Crippen LogP contribution < -0.4 is 10.1 Å². The summed E-state index contributed by atoms with van der Waals surface area (Å²) in [7, 11) is 1.67. The predicted octanol–water partition coefficient (Wildman–Crippen LogP) is 3.28. The van der Waals surface area contributed by atoms with Gasteiger partial charge in [0.25, 0.3) is 5.91 Å². The fourth-order valence-electron chi connectivity index (χ4n) is 3.67. The van der Waals surface area contributed by atoms with Gasteiger partial charge >= 0.3 is 0 Å². The molecule has 0 spiro atoms. The van der Waals surface area contributed by atoms with Crippen molar-refractivity contribution in [2.75, 3.05) is 26.7 Å². The van der Waals surface area contributed by atoms with Gasteiger partial charge in [-0.2, -0.15) is 0 Å². The first-order valence-electron chi connectivity index (χ1n) is 8.66. The van der Waals surface area contributed by atoms with Crippen molar-refractivity contribution in [1.29, 1.82) is 0 Å². The molecule has 25 heavy (non-hydrogen) atoms. The number of ether oxygens (including phenoxy) is 1. The second-order valence-corrected chi connectivity index (χ2v) is 7.84. The highest BCUT2D eigenvalue weighted by atomic mass is 32.2. The quantitative estimate of drug-likeness (QED) is 0.895. The summed E-state index contributed by atoms with van der Waals surface area (Å²) in [6.45, 7) is 3.33. The van der Waals surface area contributed by atoms with Crippen molar-refractivity contribution in [2.45, 2.75) is 22.3 Å². The number of carbonyl (C=O) groups is 1. The normalized spacial score (nSPS) is 24.3. The van der Waals surface area contributed by atoms with E-state index in [-0.39, 0.29) is 5.91 Å². The summed E-state index contributed by atoms with van der Waals surface area (Å²) in [4.78, 5) is 17.1. The maximum atomic E-state index is 12.5. The van der Waals surface area contributed by atoms with Gasteiger partial charge in [-0.15, -0.1) is 0 Å². The van der Waals surface area contributed by atoms with Crippen LogP contribution in [0, 0.1) is 5.92 Å². The van der Waals surface area contributed by atoms with E-state index < -0.39 is 0 Å². The fourth-order valence-corrected chi connectivity index (χ4v) is 4.54. The third kappa shape index (κ3) is 3.67. The molecule has 0 saturated carbocycles. The second-order valence-electron chi connectivity index (χ2n) is 6.69. The zero-order valence-electron chi connectivity index (χ0n) is 14.3. The number of methoxy groups -OCH3 is 1. The molecule has 5 heteroatoms. The third-order valence-corrected chi connectivity index (χ3v) is 6.04. The first kappa shape index (κ1) is 16.5. The zero-order valence-corrected chi connectivity index (χ0v) is 15.1. The Balaban J connectivity index is 1.38. The summed E-state index contributed by atoms with van der Waals surface area (Å²) >= 11 is 1.66. The highest BCUT2D eigenvalue weighted by Crippen LogP contribution is 2.30. The average Bonchev–Trinajstić information content (AvgIpc) is 3.25. The molecule has 130 valence electrons. The Hall–Kier alpha value is -1.98. The standard InChI is InChI=1S/C20H22N2O2S/c1-24-16-3-2-4-18(11-16)25-17-7-5-14(6-8-17)20(23)21-19-13-22-10-9-15(19)12-22/h2-8,11,15,19H,9-10,12-13H2,1H3,(H,21,23). The largest absolute Gasteiger partial charge is 0.497 e. The minimum Gasteiger partial charge on any atom is -0.497 e. The molecule has 3 atom stereocenters. The van der Waals surface area contributed by atoms with E-state index in [4.69, 9.17) is 4.74 Å². The van der Waals surface area contributed by atoms with Crippen LogP contribution in [0.3, 0.4) is 0 Å². The maximum absolute atomic E-state index is 12.5. The van der Waals surface area contributed by atoms with E-state index in [1.807, 2.05) is 42.5 Å². The van der Waals surface area contributed by atoms with Crippen LogP contribution in [0.1, 0.15) is 16.8 Å². The lowest BCUT2D eigenvalue weighted by Gasteiger charge is -2.23. The van der Waals surface area contributed by atoms with Crippen LogP contribution in [0.2, 0.25) is 0 Å². The SMILES string of the molecule is COc1cccc(Sc2ccc(C(=O)NC3CN4CCC3C4)cc2)c1. The lowest BCUT2D eigenvalue weighted by molar-refractivity contribution is 0.0924. The Bertz CT molecular complexity index is 763. The average molecular weight is 354 g/mol. The number of benzene rings is 2. The van der Waals surface area contributed by atoms with Gasteiger partial charge in [0, 0.05) is 34.5 Å². The number of fused-ring (bicyclic) bond motifs is 2. The molecule has 3 unspecified atom stereocenters. The van der Waals surface area contributed by atoms with Gasteiger partial charge < -0.3 is 15.0 Å². The Kier molecular flexibility index (Phi) is 4.68. The van der Waals surface area contributed by atoms with Crippen LogP contribution in [0.5, 0.6) is 5.75 Å². The molecule has 2 aromatic rings. The number of hydrogen-bond acceptors (Lipinski definition) is 4. The van der Waals surface area contributed by atoms with Gasteiger partial charge in [-0.3, -0.25) is 4.79 Å². The summed E-state index contributed by atoms with van der Waals surface area (Å²) in [5, 5.41) is 3.21. The minimum absolute atomic E-state index is 0.0386. The molecule has 1 N–H and O–H groups in total. The van der Waals surface area contributed by atoms with Crippen molar-refractivity contribution >= 4 is 17.7 Å². The smallest absolute Gasteiger partial charge is 0.251 e. The van der Waals surface area contributed by atoms with E-state index in [2.05, 4.69) is 16.3 Å². The van der Waals surface area contributed by atoms with E-state index in [0.29, 0.717) is 12.0 Å². The molecule has 0 aliphatic carbocycles. The summed E-state index contributed by atoms with van der Waals surface area (Å²) in [6, 6.07) is 16.1. The van der Waals surface area contributed by atoms with Gasteiger partial charge in [0.15, 0.2) is 0 Å². The highest BCUT2D eigenvalue weighted by molar-refractivity contribution is 7.99. The summed E-state index contributed by atoms with van der Waals surface area (Å²) in [5.41, 5.74) is 0.729. The van der Waals surface area contributed by atoms with Gasteiger partial charge in [0.05, 0.1) is 7.11 Å². The fraction of sp³-hybridized carbons (Fsp3) is 0.350. The van der Waals surface area contributed by atoms with Crippen molar-refractivity contribution in [2.24, 2.45) is 5.92 Å². The molecule has 0 radical (unpaired) electrons. The van der Waals surface area contributed by atoms with Crippen LogP contribution >= 0.6 is 11.8 Å². The van der Waals surface area contributed by atoms with Crippen molar-refractivity contribution in [3.05, 3.63) is 54.1 Å². The molecule has 2 saturated heterocycles. The Morgan fingerprint density at radius 1 is 1.16 bits per heavy atom. The molecule has 2 fully saturated rings. The molecule has 4 nitrogen and oxygen atoms in total. The monoisotopic (exact) mass is 354 g/mol. The minimum atomic E-state index is 0.0386. The summed E-state index contributed by atoms with van der Waals surface area (Å²) in [5.74, 6) is 1.52. The van der Waals surface area contributed by atoms with Crippen LogP contribution in [-0.4, -0.2) is 43.6 Å². The van der Waals surface area contributed by atoms with E-state index in [1.165, 1.54) is 13.0 Å². The lowest BCUT2D eigenvalue weighted by atomic mass is 9.99. The van der Waals surface area contributed by atoms with Crippen molar-refractivity contribution in [1.82, 2.24) is 10.2 Å². The molecule has 2 aromatic carbocycles. The van der Waals surface area contributed by atoms with E-state index in [9.17, 15) is 4.79 Å². The molecule has 0 aromatic heterocycles. The molecule has 2 aliphatic heterocycles. The molecular weight excluding hydrogens is 332 g/mol. The van der Waals surface area contributed by atoms with Gasteiger partial charge in [0.1, 0.15) is 5.75 Å². The van der Waals surface area contributed by atoms with Crippen LogP contribution in [0.4, 0.5) is 0 Å². The van der Waals surface area contributed by atoms with Gasteiger partial charge in [0.2, 0.25) is 0 Å².